The zero-order valence-electron chi connectivity index (χ0n) is 11.7. The average Bonchev–Trinajstić information content (AvgIpc) is 2.43. The number of hydrogen-bond donors (Lipinski definition) is 3. The molecule has 0 aromatic heterocycles. The molecule has 0 aliphatic carbocycles. The zero-order valence-corrected chi connectivity index (χ0v) is 11.7. The number of nitrogens with one attached hydrogen (secondary N) is 3. The van der Waals surface area contributed by atoms with Crippen molar-refractivity contribution in [2.75, 3.05) is 22.5 Å². The Morgan fingerprint density at radius 2 is 1.70 bits per heavy atom. The number of amides is 2. The summed E-state index contributed by atoms with van der Waals surface area (Å²) in [6.07, 6.45) is 0. The number of carbonyl (C=O) groups is 1. The average molecular weight is 269 g/mol. The maximum Gasteiger partial charge on any atom is 0.323 e. The van der Waals surface area contributed by atoms with Crippen LogP contribution in [0.25, 0.3) is 0 Å². The van der Waals surface area contributed by atoms with Gasteiger partial charge in [0.2, 0.25) is 0 Å². The highest BCUT2D eigenvalue weighted by molar-refractivity contribution is 5.99. The molecule has 2 aromatic rings. The summed E-state index contributed by atoms with van der Waals surface area (Å²) >= 11 is 0. The number of carbonyl (C=O) groups excluding carboxylic acids is 1. The molecule has 4 heteroatoms. The van der Waals surface area contributed by atoms with Crippen molar-refractivity contribution in [3.8, 4) is 0 Å². The van der Waals surface area contributed by atoms with Gasteiger partial charge in [-0.05, 0) is 49.7 Å². The third-order valence-electron chi connectivity index (χ3n) is 2.88. The van der Waals surface area contributed by atoms with Crippen molar-refractivity contribution in [2.45, 2.75) is 13.8 Å². The number of para-hydroxylation sites is 1. The van der Waals surface area contributed by atoms with Crippen molar-refractivity contribution in [3.63, 3.8) is 0 Å². The summed E-state index contributed by atoms with van der Waals surface area (Å²) in [5.41, 5.74) is 3.73. The summed E-state index contributed by atoms with van der Waals surface area (Å²) in [5, 5.41) is 8.87. The molecular weight excluding hydrogens is 250 g/mol. The molecule has 0 radical (unpaired) electrons. The quantitative estimate of drug-likeness (QED) is 0.783. The fourth-order valence-electron chi connectivity index (χ4n) is 1.95. The first-order chi connectivity index (χ1) is 9.69. The van der Waals surface area contributed by atoms with Gasteiger partial charge >= 0.3 is 6.03 Å². The van der Waals surface area contributed by atoms with E-state index in [0.717, 1.165) is 29.2 Å². The summed E-state index contributed by atoms with van der Waals surface area (Å²) in [7, 11) is 0. The van der Waals surface area contributed by atoms with Gasteiger partial charge in [0.25, 0.3) is 0 Å². The van der Waals surface area contributed by atoms with Gasteiger partial charge in [0.1, 0.15) is 0 Å². The van der Waals surface area contributed by atoms with Crippen molar-refractivity contribution < 1.29 is 4.79 Å². The van der Waals surface area contributed by atoms with Crippen molar-refractivity contribution in [2.24, 2.45) is 0 Å². The van der Waals surface area contributed by atoms with Crippen molar-refractivity contribution in [3.05, 3.63) is 54.1 Å². The van der Waals surface area contributed by atoms with Gasteiger partial charge in [0.15, 0.2) is 0 Å². The van der Waals surface area contributed by atoms with E-state index in [1.54, 1.807) is 0 Å². The Kier molecular flexibility index (Phi) is 4.60. The molecule has 2 rings (SSSR count). The molecule has 0 spiro atoms. The van der Waals surface area contributed by atoms with Crippen LogP contribution in [0.4, 0.5) is 21.9 Å². The smallest absolute Gasteiger partial charge is 0.323 e. The Labute approximate surface area is 119 Å². The lowest BCUT2D eigenvalue weighted by atomic mass is 10.2. The number of urea groups is 1. The van der Waals surface area contributed by atoms with Gasteiger partial charge in [-0.25, -0.2) is 4.79 Å². The zero-order chi connectivity index (χ0) is 14.4. The fraction of sp³-hybridized carbons (Fsp3) is 0.188. The van der Waals surface area contributed by atoms with E-state index in [1.807, 2.05) is 55.5 Å². The molecular formula is C16H19N3O. The van der Waals surface area contributed by atoms with E-state index >= 15 is 0 Å². The Morgan fingerprint density at radius 1 is 1.00 bits per heavy atom. The van der Waals surface area contributed by atoms with Crippen LogP contribution in [-0.4, -0.2) is 12.6 Å². The largest absolute Gasteiger partial charge is 0.385 e. The first-order valence-corrected chi connectivity index (χ1v) is 6.66. The van der Waals surface area contributed by atoms with E-state index < -0.39 is 0 Å². The molecule has 0 bridgehead atoms. The van der Waals surface area contributed by atoms with Crippen molar-refractivity contribution in [1.29, 1.82) is 0 Å². The minimum atomic E-state index is -0.244. The normalized spacial score (nSPS) is 9.90. The van der Waals surface area contributed by atoms with Crippen LogP contribution in [-0.2, 0) is 0 Å². The van der Waals surface area contributed by atoms with E-state index in [1.165, 1.54) is 0 Å². The Morgan fingerprint density at radius 3 is 2.35 bits per heavy atom. The molecule has 0 fully saturated rings. The summed E-state index contributed by atoms with van der Waals surface area (Å²) in [6, 6.07) is 14.9. The van der Waals surface area contributed by atoms with Gasteiger partial charge in [-0.1, -0.05) is 18.2 Å². The van der Waals surface area contributed by atoms with E-state index in [-0.39, 0.29) is 6.03 Å². The predicted octanol–water partition coefficient (Wildman–Crippen LogP) is 4.07. The van der Waals surface area contributed by atoms with Crippen LogP contribution in [0.15, 0.2) is 48.5 Å². The highest BCUT2D eigenvalue weighted by atomic mass is 16.2. The molecule has 0 atom stereocenters. The van der Waals surface area contributed by atoms with Gasteiger partial charge in [0.05, 0.1) is 0 Å². The lowest BCUT2D eigenvalue weighted by Crippen LogP contribution is -2.19. The highest BCUT2D eigenvalue weighted by Crippen LogP contribution is 2.19. The third kappa shape index (κ3) is 3.75. The minimum absolute atomic E-state index is 0.244. The monoisotopic (exact) mass is 269 g/mol. The van der Waals surface area contributed by atoms with Gasteiger partial charge in [0, 0.05) is 23.6 Å². The molecule has 0 aliphatic heterocycles. The highest BCUT2D eigenvalue weighted by Gasteiger charge is 2.04. The molecule has 104 valence electrons. The molecule has 0 saturated carbocycles. The summed E-state index contributed by atoms with van der Waals surface area (Å²) in [5.74, 6) is 0. The topological polar surface area (TPSA) is 53.2 Å². The second kappa shape index (κ2) is 6.61. The van der Waals surface area contributed by atoms with Crippen LogP contribution < -0.4 is 16.0 Å². The number of hydrogen-bond acceptors (Lipinski definition) is 2. The summed E-state index contributed by atoms with van der Waals surface area (Å²) in [6.45, 7) is 4.94. The van der Waals surface area contributed by atoms with Gasteiger partial charge in [-0.3, -0.25) is 0 Å². The molecule has 3 N–H and O–H groups in total. The first-order valence-electron chi connectivity index (χ1n) is 6.66. The lowest BCUT2D eigenvalue weighted by Gasteiger charge is -2.11. The standard InChI is InChI=1S/C16H19N3O/c1-3-17-15-10-9-14(11-12(15)2)19-16(20)18-13-7-5-4-6-8-13/h4-11,17H,3H2,1-2H3,(H2,18,19,20). The second-order valence-corrected chi connectivity index (χ2v) is 4.51. The second-order valence-electron chi connectivity index (χ2n) is 4.51. The maximum atomic E-state index is 11.9. The van der Waals surface area contributed by atoms with Crippen molar-refractivity contribution in [1.82, 2.24) is 0 Å². The van der Waals surface area contributed by atoms with E-state index in [2.05, 4.69) is 22.9 Å². The van der Waals surface area contributed by atoms with Gasteiger partial charge in [-0.2, -0.15) is 0 Å². The molecule has 4 nitrogen and oxygen atoms in total. The Balaban J connectivity index is 1.99. The first kappa shape index (κ1) is 13.9. The third-order valence-corrected chi connectivity index (χ3v) is 2.88. The molecule has 20 heavy (non-hydrogen) atoms. The van der Waals surface area contributed by atoms with E-state index in [9.17, 15) is 4.79 Å². The number of benzene rings is 2. The Bertz CT molecular complexity index is 582. The van der Waals surface area contributed by atoms with Crippen LogP contribution in [0.1, 0.15) is 12.5 Å². The molecule has 2 aromatic carbocycles. The maximum absolute atomic E-state index is 11.9. The van der Waals surface area contributed by atoms with E-state index in [0.29, 0.717) is 0 Å². The lowest BCUT2D eigenvalue weighted by molar-refractivity contribution is 0.262. The predicted molar refractivity (Wildman–Crippen MR) is 84.4 cm³/mol. The minimum Gasteiger partial charge on any atom is -0.385 e. The van der Waals surface area contributed by atoms with Crippen molar-refractivity contribution >= 4 is 23.1 Å². The molecule has 0 aliphatic rings. The Hall–Kier alpha value is -2.49. The van der Waals surface area contributed by atoms with Crippen LogP contribution in [0.2, 0.25) is 0 Å². The summed E-state index contributed by atoms with van der Waals surface area (Å²) < 4.78 is 0. The summed E-state index contributed by atoms with van der Waals surface area (Å²) in [4.78, 5) is 11.9. The van der Waals surface area contributed by atoms with E-state index in [4.69, 9.17) is 0 Å². The SMILES string of the molecule is CCNc1ccc(NC(=O)Nc2ccccc2)cc1C. The molecule has 0 saturated heterocycles. The van der Waals surface area contributed by atoms with Crippen LogP contribution in [0, 0.1) is 6.92 Å². The molecule has 0 heterocycles. The number of anilines is 3. The van der Waals surface area contributed by atoms with Gasteiger partial charge in [-0.15, -0.1) is 0 Å². The number of rotatable bonds is 4. The van der Waals surface area contributed by atoms with Crippen LogP contribution in [0.5, 0.6) is 0 Å². The molecule has 2 amide bonds. The fourth-order valence-corrected chi connectivity index (χ4v) is 1.95. The van der Waals surface area contributed by atoms with Crippen LogP contribution in [0.3, 0.4) is 0 Å². The number of aryl methyl sites for hydroxylation is 1. The van der Waals surface area contributed by atoms with Gasteiger partial charge < -0.3 is 16.0 Å². The van der Waals surface area contributed by atoms with Crippen LogP contribution >= 0.6 is 0 Å². The molecule has 0 unspecified atom stereocenters.